The molecule has 0 radical (unpaired) electrons. The van der Waals surface area contributed by atoms with Gasteiger partial charge in [0, 0.05) is 32.3 Å². The first-order valence-electron chi connectivity index (χ1n) is 5.09. The Hall–Kier alpha value is -1.42. The maximum absolute atomic E-state index is 10.6. The van der Waals surface area contributed by atoms with Gasteiger partial charge in [-0.15, -0.1) is 0 Å². The zero-order valence-corrected chi connectivity index (χ0v) is 9.16. The fourth-order valence-electron chi connectivity index (χ4n) is 1.26. The minimum atomic E-state index is 0.00212. The van der Waals surface area contributed by atoms with E-state index in [2.05, 4.69) is 22.5 Å². The third-order valence-corrected chi connectivity index (χ3v) is 2.08. The van der Waals surface area contributed by atoms with Crippen molar-refractivity contribution in [2.24, 2.45) is 0 Å². The number of pyridine rings is 1. The molecule has 0 spiro atoms. The molecule has 4 heteroatoms. The van der Waals surface area contributed by atoms with Gasteiger partial charge in [0.25, 0.3) is 0 Å². The maximum atomic E-state index is 10.6. The fraction of sp³-hybridized carbons (Fsp3) is 0.455. The summed E-state index contributed by atoms with van der Waals surface area (Å²) in [6, 6.07) is 6.05. The van der Waals surface area contributed by atoms with Crippen molar-refractivity contribution in [3.63, 3.8) is 0 Å². The molecule has 0 aromatic carbocycles. The van der Waals surface area contributed by atoms with E-state index in [1.807, 2.05) is 18.2 Å². The van der Waals surface area contributed by atoms with E-state index in [0.717, 1.165) is 12.2 Å². The standard InChI is InChI=1S/C11H17N3O/c1-9(11-5-3-4-6-14-11)12-7-8-13-10(2)15/h3-6,9,12H,7-8H2,1-2H3,(H,13,15). The molecule has 1 aromatic heterocycles. The van der Waals surface area contributed by atoms with Crippen molar-refractivity contribution >= 4 is 5.91 Å². The molecule has 1 amide bonds. The first-order chi connectivity index (χ1) is 7.20. The Kier molecular flexibility index (Phi) is 4.77. The number of aromatic nitrogens is 1. The second kappa shape index (κ2) is 6.14. The number of hydrogen-bond donors (Lipinski definition) is 2. The van der Waals surface area contributed by atoms with E-state index in [1.54, 1.807) is 6.20 Å². The Labute approximate surface area is 90.1 Å². The number of hydrogen-bond acceptors (Lipinski definition) is 3. The topological polar surface area (TPSA) is 54.0 Å². The van der Waals surface area contributed by atoms with E-state index in [4.69, 9.17) is 0 Å². The van der Waals surface area contributed by atoms with Crippen molar-refractivity contribution in [3.05, 3.63) is 30.1 Å². The van der Waals surface area contributed by atoms with Crippen molar-refractivity contribution in [3.8, 4) is 0 Å². The first kappa shape index (κ1) is 11.7. The van der Waals surface area contributed by atoms with Crippen molar-refractivity contribution < 1.29 is 4.79 Å². The van der Waals surface area contributed by atoms with E-state index in [9.17, 15) is 4.79 Å². The lowest BCUT2D eigenvalue weighted by atomic mass is 10.2. The summed E-state index contributed by atoms with van der Waals surface area (Å²) in [6.45, 7) is 4.96. The number of rotatable bonds is 5. The van der Waals surface area contributed by atoms with Gasteiger partial charge in [-0.25, -0.2) is 0 Å². The third kappa shape index (κ3) is 4.56. The summed E-state index contributed by atoms with van der Waals surface area (Å²) in [5.41, 5.74) is 1.01. The third-order valence-electron chi connectivity index (χ3n) is 2.08. The number of carbonyl (C=O) groups is 1. The van der Waals surface area contributed by atoms with E-state index in [0.29, 0.717) is 6.54 Å². The second-order valence-corrected chi connectivity index (χ2v) is 3.41. The van der Waals surface area contributed by atoms with Crippen molar-refractivity contribution in [2.45, 2.75) is 19.9 Å². The van der Waals surface area contributed by atoms with Crippen LogP contribution in [0, 0.1) is 0 Å². The molecule has 82 valence electrons. The van der Waals surface area contributed by atoms with Crippen LogP contribution in [0.1, 0.15) is 25.6 Å². The molecule has 4 nitrogen and oxygen atoms in total. The highest BCUT2D eigenvalue weighted by atomic mass is 16.1. The zero-order valence-electron chi connectivity index (χ0n) is 9.16. The smallest absolute Gasteiger partial charge is 0.216 e. The molecule has 15 heavy (non-hydrogen) atoms. The van der Waals surface area contributed by atoms with Gasteiger partial charge < -0.3 is 10.6 Å². The molecule has 2 N–H and O–H groups in total. The monoisotopic (exact) mass is 207 g/mol. The highest BCUT2D eigenvalue weighted by molar-refractivity contribution is 5.72. The van der Waals surface area contributed by atoms with Gasteiger partial charge in [-0.05, 0) is 19.1 Å². The van der Waals surface area contributed by atoms with Crippen LogP contribution in [-0.2, 0) is 4.79 Å². The van der Waals surface area contributed by atoms with Crippen molar-refractivity contribution in [2.75, 3.05) is 13.1 Å². The molecule has 0 aliphatic rings. The second-order valence-electron chi connectivity index (χ2n) is 3.41. The number of carbonyl (C=O) groups excluding carboxylic acids is 1. The maximum Gasteiger partial charge on any atom is 0.216 e. The first-order valence-corrected chi connectivity index (χ1v) is 5.09. The van der Waals surface area contributed by atoms with Gasteiger partial charge >= 0.3 is 0 Å². The van der Waals surface area contributed by atoms with Crippen LogP contribution < -0.4 is 10.6 Å². The highest BCUT2D eigenvalue weighted by Crippen LogP contribution is 2.06. The zero-order chi connectivity index (χ0) is 11.1. The molecule has 0 saturated carbocycles. The molecule has 0 aliphatic heterocycles. The summed E-state index contributed by atoms with van der Waals surface area (Å²) in [5.74, 6) is 0.00212. The summed E-state index contributed by atoms with van der Waals surface area (Å²) in [6.07, 6.45) is 1.78. The summed E-state index contributed by atoms with van der Waals surface area (Å²) >= 11 is 0. The molecule has 1 unspecified atom stereocenters. The van der Waals surface area contributed by atoms with Gasteiger partial charge in [0.15, 0.2) is 0 Å². The highest BCUT2D eigenvalue weighted by Gasteiger charge is 2.03. The SMILES string of the molecule is CC(=O)NCCNC(C)c1ccccn1. The average molecular weight is 207 g/mol. The Morgan fingerprint density at radius 2 is 2.27 bits per heavy atom. The molecule has 0 saturated heterocycles. The summed E-state index contributed by atoms with van der Waals surface area (Å²) in [4.78, 5) is 14.8. The molecule has 1 heterocycles. The molecule has 0 bridgehead atoms. The van der Waals surface area contributed by atoms with Gasteiger partial charge in [-0.2, -0.15) is 0 Å². The van der Waals surface area contributed by atoms with Gasteiger partial charge in [0.05, 0.1) is 5.69 Å². The van der Waals surface area contributed by atoms with Crippen LogP contribution in [0.15, 0.2) is 24.4 Å². The van der Waals surface area contributed by atoms with E-state index in [-0.39, 0.29) is 11.9 Å². The van der Waals surface area contributed by atoms with Crippen LogP contribution in [0.3, 0.4) is 0 Å². The lowest BCUT2D eigenvalue weighted by Gasteiger charge is -2.12. The van der Waals surface area contributed by atoms with Gasteiger partial charge in [0.1, 0.15) is 0 Å². The molecule has 1 rings (SSSR count). The van der Waals surface area contributed by atoms with Crippen molar-refractivity contribution in [1.29, 1.82) is 0 Å². The number of nitrogens with one attached hydrogen (secondary N) is 2. The lowest BCUT2D eigenvalue weighted by Crippen LogP contribution is -2.31. The molecule has 1 aromatic rings. The molecule has 0 aliphatic carbocycles. The van der Waals surface area contributed by atoms with E-state index >= 15 is 0 Å². The Morgan fingerprint density at radius 1 is 1.47 bits per heavy atom. The van der Waals surface area contributed by atoms with Crippen LogP contribution in [0.5, 0.6) is 0 Å². The number of nitrogens with zero attached hydrogens (tertiary/aromatic N) is 1. The largest absolute Gasteiger partial charge is 0.355 e. The van der Waals surface area contributed by atoms with E-state index < -0.39 is 0 Å². The molecule has 1 atom stereocenters. The van der Waals surface area contributed by atoms with Gasteiger partial charge in [-0.1, -0.05) is 6.07 Å². The Morgan fingerprint density at radius 3 is 2.87 bits per heavy atom. The van der Waals surface area contributed by atoms with Crippen LogP contribution in [0.2, 0.25) is 0 Å². The van der Waals surface area contributed by atoms with Crippen LogP contribution in [0.4, 0.5) is 0 Å². The average Bonchev–Trinajstić information content (AvgIpc) is 2.25. The normalized spacial score (nSPS) is 12.1. The minimum absolute atomic E-state index is 0.00212. The summed E-state index contributed by atoms with van der Waals surface area (Å²) < 4.78 is 0. The summed E-state index contributed by atoms with van der Waals surface area (Å²) in [5, 5.41) is 6.01. The predicted molar refractivity (Wildman–Crippen MR) is 59.3 cm³/mol. The predicted octanol–water partition coefficient (Wildman–Crippen LogP) is 0.868. The molecular weight excluding hydrogens is 190 g/mol. The lowest BCUT2D eigenvalue weighted by molar-refractivity contribution is -0.118. The molecular formula is C11H17N3O. The Bertz CT molecular complexity index is 300. The van der Waals surface area contributed by atoms with Gasteiger partial charge in [-0.3, -0.25) is 9.78 Å². The van der Waals surface area contributed by atoms with Crippen molar-refractivity contribution in [1.82, 2.24) is 15.6 Å². The summed E-state index contributed by atoms with van der Waals surface area (Å²) in [7, 11) is 0. The van der Waals surface area contributed by atoms with Gasteiger partial charge in [0.2, 0.25) is 5.91 Å². The quantitative estimate of drug-likeness (QED) is 0.704. The minimum Gasteiger partial charge on any atom is -0.355 e. The number of amides is 1. The van der Waals surface area contributed by atoms with Crippen LogP contribution in [-0.4, -0.2) is 24.0 Å². The fourth-order valence-corrected chi connectivity index (χ4v) is 1.26. The van der Waals surface area contributed by atoms with Crippen LogP contribution >= 0.6 is 0 Å². The molecule has 0 fully saturated rings. The van der Waals surface area contributed by atoms with Crippen LogP contribution in [0.25, 0.3) is 0 Å². The van der Waals surface area contributed by atoms with E-state index in [1.165, 1.54) is 6.92 Å². The Balaban J connectivity index is 2.25.